The van der Waals surface area contributed by atoms with E-state index in [4.69, 9.17) is 0 Å². The van der Waals surface area contributed by atoms with Crippen molar-refractivity contribution in [3.05, 3.63) is 5.82 Å². The second-order valence-corrected chi connectivity index (χ2v) is 15.5. The largest absolute Gasteiger partial charge is 0.347 e. The van der Waals surface area contributed by atoms with Crippen molar-refractivity contribution < 1.29 is 28.8 Å². The molecule has 3 saturated carbocycles. The van der Waals surface area contributed by atoms with Gasteiger partial charge in [-0.05, 0) is 68.1 Å². The molecular formula is C34H53N9O6. The number of fused-ring (bicyclic) bond motifs is 1. The average molecular weight is 684 g/mol. The molecule has 0 spiro atoms. The fourth-order valence-corrected chi connectivity index (χ4v) is 7.86. The number of tetrazole rings is 1. The summed E-state index contributed by atoms with van der Waals surface area (Å²) in [5, 5.41) is 25.0. The molecule has 4 aliphatic rings. The smallest absolute Gasteiger partial charge is 0.289 e. The Morgan fingerprint density at radius 2 is 1.65 bits per heavy atom. The summed E-state index contributed by atoms with van der Waals surface area (Å²) < 4.78 is 0. The summed E-state index contributed by atoms with van der Waals surface area (Å²) in [7, 11) is 0. The molecule has 4 fully saturated rings. The van der Waals surface area contributed by atoms with Gasteiger partial charge >= 0.3 is 0 Å². The summed E-state index contributed by atoms with van der Waals surface area (Å²) in [4.78, 5) is 83.1. The summed E-state index contributed by atoms with van der Waals surface area (Å²) in [5.74, 6) is -2.91. The number of H-pyrrole nitrogens is 1. The maximum Gasteiger partial charge on any atom is 0.289 e. The summed E-state index contributed by atoms with van der Waals surface area (Å²) in [5.41, 5.74) is -0.737. The lowest BCUT2D eigenvalue weighted by molar-refractivity contribution is -0.146. The summed E-state index contributed by atoms with van der Waals surface area (Å²) in [6, 6.07) is -3.66. The SMILES string of the molecule is CCCC(NC(=O)[C@@H]1[C@H]2CCCC2CN1C(=O)[C@@H](NC(=O)[C@@H](NC(=O)Cc1nn[nH]n1)C1CCCCC1)C(C)(C)C)C(=O)C(=O)NC1CC1. The van der Waals surface area contributed by atoms with Crippen molar-refractivity contribution in [3.8, 4) is 0 Å². The van der Waals surface area contributed by atoms with Gasteiger partial charge in [0.1, 0.15) is 18.1 Å². The minimum absolute atomic E-state index is 0.0117. The molecule has 49 heavy (non-hydrogen) atoms. The van der Waals surface area contributed by atoms with Crippen LogP contribution < -0.4 is 21.3 Å². The Labute approximate surface area is 287 Å². The highest BCUT2D eigenvalue weighted by Crippen LogP contribution is 2.43. The van der Waals surface area contributed by atoms with Gasteiger partial charge in [-0.1, -0.05) is 65.0 Å². The normalized spacial score (nSPS) is 24.3. The molecule has 5 N–H and O–H groups in total. The van der Waals surface area contributed by atoms with Crippen molar-refractivity contribution >= 4 is 35.3 Å². The van der Waals surface area contributed by atoms with E-state index in [9.17, 15) is 28.8 Å². The van der Waals surface area contributed by atoms with Gasteiger partial charge in [0.25, 0.3) is 5.91 Å². The molecule has 1 aromatic rings. The van der Waals surface area contributed by atoms with E-state index in [1.807, 2.05) is 27.7 Å². The van der Waals surface area contributed by atoms with Crippen LogP contribution in [0.3, 0.4) is 0 Å². The molecule has 15 nitrogen and oxygen atoms in total. The van der Waals surface area contributed by atoms with Gasteiger partial charge < -0.3 is 26.2 Å². The Balaban J connectivity index is 1.34. The second-order valence-electron chi connectivity index (χ2n) is 15.5. The molecule has 15 heteroatoms. The lowest BCUT2D eigenvalue weighted by Gasteiger charge is -2.38. The van der Waals surface area contributed by atoms with E-state index in [0.717, 1.165) is 64.2 Å². The zero-order chi connectivity index (χ0) is 35.3. The van der Waals surface area contributed by atoms with Gasteiger partial charge in [-0.15, -0.1) is 10.2 Å². The van der Waals surface area contributed by atoms with Crippen LogP contribution in [-0.2, 0) is 35.2 Å². The third-order valence-electron chi connectivity index (χ3n) is 10.6. The van der Waals surface area contributed by atoms with E-state index in [1.165, 1.54) is 0 Å². The Bertz CT molecular complexity index is 1370. The quantitative estimate of drug-likeness (QED) is 0.178. The maximum atomic E-state index is 14.6. The zero-order valence-electron chi connectivity index (χ0n) is 29.3. The lowest BCUT2D eigenvalue weighted by Crippen LogP contribution is -2.62. The first kappa shape index (κ1) is 36.4. The standard InChI is InChI=1S/C34H53N9O6/c1-5-10-23(28(45)32(48)35-21-15-16-21)36-31(47)27-22-14-9-13-20(22)18-43(27)33(49)29(34(2,3)4)38-30(46)26(19-11-7-6-8-12-19)37-25(44)17-24-39-41-42-40-24/h19-23,26-27,29H,5-18H2,1-4H3,(H,35,48)(H,36,47)(H,37,44)(H,38,46)(H,39,40,41,42)/t20?,22-,23?,26-,27-,29+/m0/s1. The van der Waals surface area contributed by atoms with Gasteiger partial charge in [0.15, 0.2) is 5.82 Å². The van der Waals surface area contributed by atoms with Crippen molar-refractivity contribution in [2.45, 2.75) is 141 Å². The molecular weight excluding hydrogens is 630 g/mol. The number of nitrogens with one attached hydrogen (secondary N) is 5. The third kappa shape index (κ3) is 9.01. The summed E-state index contributed by atoms with van der Waals surface area (Å²) in [6.07, 6.45) is 9.47. The van der Waals surface area contributed by atoms with Crippen LogP contribution in [0.1, 0.15) is 111 Å². The highest BCUT2D eigenvalue weighted by atomic mass is 16.2. The van der Waals surface area contributed by atoms with Gasteiger partial charge in [0.05, 0.1) is 12.5 Å². The van der Waals surface area contributed by atoms with Gasteiger partial charge in [-0.3, -0.25) is 28.8 Å². The van der Waals surface area contributed by atoms with Crippen molar-refractivity contribution in [2.24, 2.45) is 23.2 Å². The highest BCUT2D eigenvalue weighted by molar-refractivity contribution is 6.38. The van der Waals surface area contributed by atoms with Crippen LogP contribution in [0.15, 0.2) is 0 Å². The number of amides is 5. The van der Waals surface area contributed by atoms with Crippen molar-refractivity contribution in [2.75, 3.05) is 6.54 Å². The van der Waals surface area contributed by atoms with Crippen LogP contribution in [0.25, 0.3) is 0 Å². The van der Waals surface area contributed by atoms with Crippen LogP contribution in [0.2, 0.25) is 0 Å². The van der Waals surface area contributed by atoms with Crippen LogP contribution in [0.4, 0.5) is 0 Å². The van der Waals surface area contributed by atoms with Gasteiger partial charge in [-0.25, -0.2) is 0 Å². The number of hydrogen-bond donors (Lipinski definition) is 5. The molecule has 2 heterocycles. The van der Waals surface area contributed by atoms with Crippen LogP contribution in [-0.4, -0.2) is 97.6 Å². The molecule has 2 unspecified atom stereocenters. The lowest BCUT2D eigenvalue weighted by atomic mass is 9.82. The molecule has 0 bridgehead atoms. The molecule has 0 aromatic carbocycles. The van der Waals surface area contributed by atoms with Gasteiger partial charge in [0.2, 0.25) is 29.4 Å². The zero-order valence-corrected chi connectivity index (χ0v) is 29.3. The minimum Gasteiger partial charge on any atom is -0.347 e. The number of nitrogens with zero attached hydrogens (tertiary/aromatic N) is 4. The van der Waals surface area contributed by atoms with Crippen molar-refractivity contribution in [3.63, 3.8) is 0 Å². The van der Waals surface area contributed by atoms with Gasteiger partial charge in [0, 0.05) is 12.6 Å². The molecule has 3 aliphatic carbocycles. The molecule has 6 atom stereocenters. The van der Waals surface area contributed by atoms with E-state index in [2.05, 4.69) is 41.9 Å². The van der Waals surface area contributed by atoms with E-state index >= 15 is 0 Å². The van der Waals surface area contributed by atoms with Crippen molar-refractivity contribution in [1.29, 1.82) is 0 Å². The first-order chi connectivity index (χ1) is 23.4. The number of carbonyl (C=O) groups excluding carboxylic acids is 6. The molecule has 1 saturated heterocycles. The molecule has 1 aliphatic heterocycles. The summed E-state index contributed by atoms with van der Waals surface area (Å²) in [6.45, 7) is 7.84. The van der Waals surface area contributed by atoms with Crippen LogP contribution >= 0.6 is 0 Å². The Morgan fingerprint density at radius 3 is 2.29 bits per heavy atom. The molecule has 5 amide bonds. The first-order valence-electron chi connectivity index (χ1n) is 18.1. The fourth-order valence-electron chi connectivity index (χ4n) is 7.86. The molecule has 5 rings (SSSR count). The Hall–Kier alpha value is -3.91. The number of aromatic amines is 1. The summed E-state index contributed by atoms with van der Waals surface area (Å²) >= 11 is 0. The molecule has 0 radical (unpaired) electrons. The van der Waals surface area contributed by atoms with E-state index in [0.29, 0.717) is 19.4 Å². The number of Topliss-reactive ketones (excluding diaryl/α,β-unsaturated/α-hetero) is 1. The Kier molecular flexibility index (Phi) is 11.7. The second kappa shape index (κ2) is 15.8. The number of rotatable bonds is 14. The monoisotopic (exact) mass is 683 g/mol. The maximum absolute atomic E-state index is 14.6. The number of likely N-dealkylation sites (tertiary alicyclic amines) is 1. The third-order valence-corrected chi connectivity index (χ3v) is 10.6. The topological polar surface area (TPSA) is 208 Å². The number of aromatic nitrogens is 4. The predicted molar refractivity (Wildman–Crippen MR) is 177 cm³/mol. The van der Waals surface area contributed by atoms with Crippen LogP contribution in [0.5, 0.6) is 0 Å². The average Bonchev–Trinajstić information content (AvgIpc) is 3.38. The van der Waals surface area contributed by atoms with E-state index in [-0.39, 0.29) is 41.9 Å². The van der Waals surface area contributed by atoms with Crippen LogP contribution in [0, 0.1) is 23.2 Å². The van der Waals surface area contributed by atoms with E-state index in [1.54, 1.807) is 4.90 Å². The number of carbonyl (C=O) groups is 6. The van der Waals surface area contributed by atoms with E-state index < -0.39 is 59.0 Å². The predicted octanol–water partition coefficient (Wildman–Crippen LogP) is 1.10. The highest BCUT2D eigenvalue weighted by Gasteiger charge is 2.52. The first-order valence-corrected chi connectivity index (χ1v) is 18.1. The Morgan fingerprint density at radius 1 is 0.918 bits per heavy atom. The number of ketones is 1. The minimum atomic E-state index is -0.994. The van der Waals surface area contributed by atoms with Crippen molar-refractivity contribution in [1.82, 2.24) is 46.8 Å². The molecule has 1 aromatic heterocycles. The number of hydrogen-bond acceptors (Lipinski definition) is 9. The fraction of sp³-hybridized carbons (Fsp3) is 0.794. The van der Waals surface area contributed by atoms with Gasteiger partial charge in [-0.2, -0.15) is 5.21 Å². The molecule has 270 valence electrons.